The molecule has 31 heavy (non-hydrogen) atoms. The van der Waals surface area contributed by atoms with Crippen molar-refractivity contribution >= 4 is 11.9 Å². The Morgan fingerprint density at radius 2 is 2.16 bits per heavy atom. The van der Waals surface area contributed by atoms with Gasteiger partial charge in [0.1, 0.15) is 5.76 Å². The molecule has 1 aliphatic rings. The number of carbonyl (C=O) groups is 1. The van der Waals surface area contributed by atoms with Crippen molar-refractivity contribution in [3.8, 4) is 0 Å². The fraction of sp³-hybridized carbons (Fsp3) is 0.478. The molecule has 0 spiro atoms. The summed E-state index contributed by atoms with van der Waals surface area (Å²) in [5.41, 5.74) is 1.57. The van der Waals surface area contributed by atoms with Crippen LogP contribution in [0.1, 0.15) is 41.4 Å². The maximum Gasteiger partial charge on any atom is 0.251 e. The van der Waals surface area contributed by atoms with Gasteiger partial charge in [-0.15, -0.1) is 0 Å². The van der Waals surface area contributed by atoms with Gasteiger partial charge in [0.25, 0.3) is 5.91 Å². The molecule has 0 saturated carbocycles. The third-order valence-electron chi connectivity index (χ3n) is 4.81. The fourth-order valence-corrected chi connectivity index (χ4v) is 3.18. The highest BCUT2D eigenvalue weighted by Crippen LogP contribution is 2.09. The number of nitrogens with zero attached hydrogens (tertiary/aromatic N) is 1. The molecule has 1 unspecified atom stereocenters. The zero-order chi connectivity index (χ0) is 21.7. The summed E-state index contributed by atoms with van der Waals surface area (Å²) in [4.78, 5) is 17.0. The Balaban J connectivity index is 1.44. The molecule has 8 nitrogen and oxygen atoms in total. The molecule has 0 aliphatic carbocycles. The number of nitrogens with one attached hydrogen (secondary N) is 3. The number of carbonyl (C=O) groups excluding carboxylic acids is 1. The van der Waals surface area contributed by atoms with Crippen molar-refractivity contribution in [1.29, 1.82) is 0 Å². The Morgan fingerprint density at radius 3 is 2.94 bits per heavy atom. The molecule has 1 aromatic heterocycles. The maximum atomic E-state index is 12.4. The van der Waals surface area contributed by atoms with E-state index in [0.717, 1.165) is 49.8 Å². The molecule has 168 valence electrons. The fourth-order valence-electron chi connectivity index (χ4n) is 3.18. The topological polar surface area (TPSA) is 97.1 Å². The highest BCUT2D eigenvalue weighted by Gasteiger charge is 2.15. The van der Waals surface area contributed by atoms with Crippen molar-refractivity contribution in [3.63, 3.8) is 0 Å². The molecule has 0 bridgehead atoms. The lowest BCUT2D eigenvalue weighted by molar-refractivity contribution is 0.0420. The summed E-state index contributed by atoms with van der Waals surface area (Å²) in [6.07, 6.45) is 3.71. The average Bonchev–Trinajstić information content (AvgIpc) is 3.50. The molecular weight excluding hydrogens is 396 g/mol. The lowest BCUT2D eigenvalue weighted by Crippen LogP contribution is -2.38. The van der Waals surface area contributed by atoms with E-state index in [9.17, 15) is 4.79 Å². The molecule has 3 rings (SSSR count). The molecular formula is C23H32N4O4. The molecule has 1 aromatic carbocycles. The van der Waals surface area contributed by atoms with E-state index < -0.39 is 0 Å². The monoisotopic (exact) mass is 428 g/mol. The lowest BCUT2D eigenvalue weighted by Gasteiger charge is -2.13. The van der Waals surface area contributed by atoms with Gasteiger partial charge < -0.3 is 29.8 Å². The van der Waals surface area contributed by atoms with Crippen molar-refractivity contribution in [2.75, 3.05) is 32.9 Å². The number of rotatable bonds is 11. The molecule has 2 heterocycles. The van der Waals surface area contributed by atoms with Crippen LogP contribution in [0.4, 0.5) is 0 Å². The predicted molar refractivity (Wildman–Crippen MR) is 119 cm³/mol. The van der Waals surface area contributed by atoms with Gasteiger partial charge in [0.05, 0.1) is 32.1 Å². The number of hydrogen-bond donors (Lipinski definition) is 3. The summed E-state index contributed by atoms with van der Waals surface area (Å²) in [5.74, 6) is 1.33. The Morgan fingerprint density at radius 1 is 1.23 bits per heavy atom. The Labute approximate surface area is 183 Å². The third kappa shape index (κ3) is 8.07. The average molecular weight is 429 g/mol. The van der Waals surface area contributed by atoms with Crippen LogP contribution in [0.2, 0.25) is 0 Å². The molecule has 1 aliphatic heterocycles. The van der Waals surface area contributed by atoms with E-state index in [1.807, 2.05) is 31.2 Å². The number of hydrogen-bond acceptors (Lipinski definition) is 5. The quantitative estimate of drug-likeness (QED) is 0.289. The van der Waals surface area contributed by atoms with Crippen molar-refractivity contribution in [1.82, 2.24) is 16.0 Å². The smallest absolute Gasteiger partial charge is 0.251 e. The zero-order valence-electron chi connectivity index (χ0n) is 18.1. The van der Waals surface area contributed by atoms with E-state index >= 15 is 0 Å². The summed E-state index contributed by atoms with van der Waals surface area (Å²) in [5, 5.41) is 9.43. The highest BCUT2D eigenvalue weighted by molar-refractivity contribution is 5.94. The van der Waals surface area contributed by atoms with E-state index in [1.54, 1.807) is 18.4 Å². The minimum Gasteiger partial charge on any atom is -0.467 e. The number of benzene rings is 1. The van der Waals surface area contributed by atoms with Gasteiger partial charge in [-0.05, 0) is 49.6 Å². The number of aliphatic imine (C=N–C) groups is 1. The van der Waals surface area contributed by atoms with E-state index in [4.69, 9.17) is 13.9 Å². The Hall–Kier alpha value is -2.84. The van der Waals surface area contributed by atoms with Gasteiger partial charge in [-0.1, -0.05) is 12.1 Å². The van der Waals surface area contributed by atoms with Crippen molar-refractivity contribution < 1.29 is 18.7 Å². The standard InChI is InChI=1S/C23H32N4O4/c1-2-24-23(25-10-5-12-31-21-9-13-29-17-21)27-15-18-6-3-7-19(14-18)22(28)26-16-20-8-4-11-30-20/h3-4,6-8,11,14,21H,2,5,9-10,12-13,15-17H2,1H3,(H,26,28)(H2,24,25,27). The summed E-state index contributed by atoms with van der Waals surface area (Å²) in [6.45, 7) is 6.63. The first-order chi connectivity index (χ1) is 15.2. The van der Waals surface area contributed by atoms with Crippen LogP contribution in [0.3, 0.4) is 0 Å². The van der Waals surface area contributed by atoms with Crippen LogP contribution in [0.25, 0.3) is 0 Å². The molecule has 1 amide bonds. The Bertz CT molecular complexity index is 817. The minimum atomic E-state index is -0.139. The SMILES string of the molecule is CCNC(=NCc1cccc(C(=O)NCc2ccco2)c1)NCCCOC1CCOC1. The van der Waals surface area contributed by atoms with Crippen LogP contribution >= 0.6 is 0 Å². The van der Waals surface area contributed by atoms with Crippen molar-refractivity contribution in [3.05, 3.63) is 59.5 Å². The van der Waals surface area contributed by atoms with Crippen LogP contribution in [-0.2, 0) is 22.6 Å². The van der Waals surface area contributed by atoms with Gasteiger partial charge in [0, 0.05) is 31.9 Å². The van der Waals surface area contributed by atoms with Crippen molar-refractivity contribution in [2.24, 2.45) is 4.99 Å². The lowest BCUT2D eigenvalue weighted by atomic mass is 10.1. The van der Waals surface area contributed by atoms with Crippen LogP contribution in [0.5, 0.6) is 0 Å². The molecule has 2 aromatic rings. The van der Waals surface area contributed by atoms with Gasteiger partial charge in [0.2, 0.25) is 0 Å². The second kappa shape index (κ2) is 12.8. The van der Waals surface area contributed by atoms with E-state index in [0.29, 0.717) is 31.9 Å². The number of ether oxygens (including phenoxy) is 2. The number of amides is 1. The predicted octanol–water partition coefficient (Wildman–Crippen LogP) is 2.46. The maximum absolute atomic E-state index is 12.4. The largest absolute Gasteiger partial charge is 0.467 e. The van der Waals surface area contributed by atoms with Gasteiger partial charge in [-0.25, -0.2) is 4.99 Å². The van der Waals surface area contributed by atoms with Gasteiger partial charge in [0.15, 0.2) is 5.96 Å². The van der Waals surface area contributed by atoms with Crippen LogP contribution < -0.4 is 16.0 Å². The summed E-state index contributed by atoms with van der Waals surface area (Å²) < 4.78 is 16.3. The second-order valence-corrected chi connectivity index (χ2v) is 7.29. The first kappa shape index (κ1) is 22.8. The van der Waals surface area contributed by atoms with Gasteiger partial charge >= 0.3 is 0 Å². The summed E-state index contributed by atoms with van der Waals surface area (Å²) in [6, 6.07) is 11.1. The van der Waals surface area contributed by atoms with Crippen molar-refractivity contribution in [2.45, 2.75) is 39.0 Å². The number of furan rings is 1. The normalized spacial score (nSPS) is 16.3. The van der Waals surface area contributed by atoms with E-state index in [2.05, 4.69) is 20.9 Å². The number of guanidine groups is 1. The minimum absolute atomic E-state index is 0.139. The molecule has 1 fully saturated rings. The molecule has 0 radical (unpaired) electrons. The van der Waals surface area contributed by atoms with Crippen LogP contribution in [0.15, 0.2) is 52.1 Å². The molecule has 8 heteroatoms. The van der Waals surface area contributed by atoms with Crippen LogP contribution in [0, 0.1) is 0 Å². The first-order valence-electron chi connectivity index (χ1n) is 10.9. The molecule has 1 atom stereocenters. The second-order valence-electron chi connectivity index (χ2n) is 7.29. The van der Waals surface area contributed by atoms with Gasteiger partial charge in [-0.2, -0.15) is 0 Å². The summed E-state index contributed by atoms with van der Waals surface area (Å²) in [7, 11) is 0. The first-order valence-corrected chi connectivity index (χ1v) is 10.9. The summed E-state index contributed by atoms with van der Waals surface area (Å²) >= 11 is 0. The molecule has 1 saturated heterocycles. The van der Waals surface area contributed by atoms with Gasteiger partial charge in [-0.3, -0.25) is 4.79 Å². The highest BCUT2D eigenvalue weighted by atomic mass is 16.5. The van der Waals surface area contributed by atoms with Crippen LogP contribution in [-0.4, -0.2) is 50.9 Å². The molecule has 3 N–H and O–H groups in total. The zero-order valence-corrected chi connectivity index (χ0v) is 18.1. The third-order valence-corrected chi connectivity index (χ3v) is 4.81. The van der Waals surface area contributed by atoms with E-state index in [-0.39, 0.29) is 12.0 Å². The van der Waals surface area contributed by atoms with E-state index in [1.165, 1.54) is 0 Å². The Kier molecular flexibility index (Phi) is 9.40.